The number of hydrogen-bond donors (Lipinski definition) is 0. The summed E-state index contributed by atoms with van der Waals surface area (Å²) < 4.78 is 16.0. The molecule has 1 amide bonds. The first-order chi connectivity index (χ1) is 11.7. The molecule has 1 aromatic carbocycles. The van der Waals surface area contributed by atoms with Gasteiger partial charge in [-0.05, 0) is 25.0 Å². The average Bonchev–Trinajstić information content (AvgIpc) is 3.31. The average molecular weight is 334 g/mol. The minimum atomic E-state index is -0.544. The lowest BCUT2D eigenvalue weighted by atomic mass is 10.0. The Morgan fingerprint density at radius 2 is 1.75 bits per heavy atom. The van der Waals surface area contributed by atoms with E-state index in [0.29, 0.717) is 29.4 Å². The van der Waals surface area contributed by atoms with Gasteiger partial charge in [0.2, 0.25) is 11.9 Å². The number of benzene rings is 1. The molecule has 0 aromatic heterocycles. The molecule has 1 fully saturated rings. The smallest absolute Gasteiger partial charge is 0.266 e. The molecule has 0 spiro atoms. The summed E-state index contributed by atoms with van der Waals surface area (Å²) in [5.41, 5.74) is 1.49. The Balaban J connectivity index is 1.79. The molecule has 0 N–H and O–H groups in total. The Morgan fingerprint density at radius 3 is 2.29 bits per heavy atom. The quantitative estimate of drug-likeness (QED) is 0.822. The fraction of sp³-hybridized carbons (Fsp3) is 0.529. The molecule has 2 heterocycles. The van der Waals surface area contributed by atoms with Gasteiger partial charge in [-0.1, -0.05) is 5.16 Å². The second-order valence-corrected chi connectivity index (χ2v) is 5.78. The number of nitrogens with zero attached hydrogens (tertiary/aromatic N) is 2. The highest BCUT2D eigenvalue weighted by Crippen LogP contribution is 2.39. The van der Waals surface area contributed by atoms with Crippen molar-refractivity contribution < 1.29 is 23.8 Å². The molecule has 3 rings (SSSR count). The summed E-state index contributed by atoms with van der Waals surface area (Å²) in [5.74, 6) is 1.62. The van der Waals surface area contributed by atoms with E-state index in [1.807, 2.05) is 17.0 Å². The Bertz CT molecular complexity index is 627. The van der Waals surface area contributed by atoms with Crippen LogP contribution in [0.4, 0.5) is 0 Å². The number of oxime groups is 1. The zero-order valence-electron chi connectivity index (χ0n) is 14.2. The first-order valence-electron chi connectivity index (χ1n) is 7.99. The van der Waals surface area contributed by atoms with Gasteiger partial charge in [-0.15, -0.1) is 0 Å². The molecule has 24 heavy (non-hydrogen) atoms. The third kappa shape index (κ3) is 2.98. The maximum absolute atomic E-state index is 12.4. The van der Waals surface area contributed by atoms with Gasteiger partial charge in [0.25, 0.3) is 5.91 Å². The first kappa shape index (κ1) is 16.4. The Kier molecular flexibility index (Phi) is 4.78. The third-order valence-corrected chi connectivity index (χ3v) is 4.36. The zero-order chi connectivity index (χ0) is 17.1. The Hall–Kier alpha value is -2.44. The first-order valence-corrected chi connectivity index (χ1v) is 7.99. The summed E-state index contributed by atoms with van der Waals surface area (Å²) in [7, 11) is 4.68. The molecule has 7 nitrogen and oxygen atoms in total. The van der Waals surface area contributed by atoms with Crippen molar-refractivity contribution in [1.29, 1.82) is 0 Å². The topological polar surface area (TPSA) is 69.6 Å². The van der Waals surface area contributed by atoms with Crippen LogP contribution in [-0.4, -0.2) is 57.0 Å². The van der Waals surface area contributed by atoms with Gasteiger partial charge < -0.3 is 23.9 Å². The van der Waals surface area contributed by atoms with Gasteiger partial charge in [0, 0.05) is 25.1 Å². The normalized spacial score (nSPS) is 19.7. The van der Waals surface area contributed by atoms with E-state index in [-0.39, 0.29) is 5.91 Å². The molecule has 0 radical (unpaired) electrons. The third-order valence-electron chi connectivity index (χ3n) is 4.36. The predicted octanol–water partition coefficient (Wildman–Crippen LogP) is 1.83. The number of methoxy groups -OCH3 is 3. The summed E-state index contributed by atoms with van der Waals surface area (Å²) in [6.07, 6.45) is 2.00. The second kappa shape index (κ2) is 6.98. The molecular weight excluding hydrogens is 312 g/mol. The van der Waals surface area contributed by atoms with Gasteiger partial charge in [0.05, 0.1) is 27.0 Å². The van der Waals surface area contributed by atoms with Gasteiger partial charge >= 0.3 is 0 Å². The maximum atomic E-state index is 12.4. The molecule has 7 heteroatoms. The number of ether oxygens (including phenoxy) is 3. The van der Waals surface area contributed by atoms with E-state index in [4.69, 9.17) is 19.0 Å². The van der Waals surface area contributed by atoms with E-state index in [2.05, 4.69) is 5.16 Å². The molecular formula is C17H22N2O5. The molecule has 2 aliphatic heterocycles. The van der Waals surface area contributed by atoms with Crippen LogP contribution in [-0.2, 0) is 9.63 Å². The monoisotopic (exact) mass is 334 g/mol. The molecule has 1 saturated heterocycles. The minimum absolute atomic E-state index is 0.0127. The molecule has 2 aliphatic rings. The number of rotatable bonds is 5. The van der Waals surface area contributed by atoms with Gasteiger partial charge in [0.15, 0.2) is 11.5 Å². The van der Waals surface area contributed by atoms with E-state index >= 15 is 0 Å². The lowest BCUT2D eigenvalue weighted by molar-refractivity contribution is -0.140. The van der Waals surface area contributed by atoms with Crippen LogP contribution in [0.3, 0.4) is 0 Å². The van der Waals surface area contributed by atoms with Crippen molar-refractivity contribution in [3.8, 4) is 17.2 Å². The van der Waals surface area contributed by atoms with E-state index in [9.17, 15) is 4.79 Å². The number of hydrogen-bond acceptors (Lipinski definition) is 6. The van der Waals surface area contributed by atoms with E-state index < -0.39 is 6.10 Å². The van der Waals surface area contributed by atoms with E-state index in [0.717, 1.165) is 31.5 Å². The number of carbonyl (C=O) groups is 1. The number of amides is 1. The summed E-state index contributed by atoms with van der Waals surface area (Å²) >= 11 is 0. The molecule has 0 unspecified atom stereocenters. The van der Waals surface area contributed by atoms with Gasteiger partial charge in [-0.2, -0.15) is 0 Å². The number of carbonyl (C=O) groups excluding carboxylic acids is 1. The van der Waals surface area contributed by atoms with Crippen molar-refractivity contribution in [3.63, 3.8) is 0 Å². The highest BCUT2D eigenvalue weighted by molar-refractivity contribution is 6.04. The van der Waals surface area contributed by atoms with Crippen molar-refractivity contribution >= 4 is 11.6 Å². The lowest BCUT2D eigenvalue weighted by Gasteiger charge is -2.18. The molecule has 1 atom stereocenters. The van der Waals surface area contributed by atoms with Crippen molar-refractivity contribution in [2.24, 2.45) is 5.16 Å². The highest BCUT2D eigenvalue weighted by atomic mass is 16.6. The van der Waals surface area contributed by atoms with Crippen LogP contribution in [0, 0.1) is 0 Å². The molecule has 0 saturated carbocycles. The molecule has 0 aliphatic carbocycles. The Labute approximate surface area is 141 Å². The summed E-state index contributed by atoms with van der Waals surface area (Å²) in [4.78, 5) is 19.7. The largest absolute Gasteiger partial charge is 0.493 e. The van der Waals surface area contributed by atoms with Crippen molar-refractivity contribution in [1.82, 2.24) is 4.90 Å². The van der Waals surface area contributed by atoms with Crippen LogP contribution in [0.2, 0.25) is 0 Å². The summed E-state index contributed by atoms with van der Waals surface area (Å²) in [6.45, 7) is 1.61. The second-order valence-electron chi connectivity index (χ2n) is 5.78. The Morgan fingerprint density at radius 1 is 1.12 bits per heavy atom. The van der Waals surface area contributed by atoms with Crippen molar-refractivity contribution in [2.45, 2.75) is 25.4 Å². The number of likely N-dealkylation sites (tertiary alicyclic amines) is 1. The predicted molar refractivity (Wildman–Crippen MR) is 87.9 cm³/mol. The van der Waals surface area contributed by atoms with Gasteiger partial charge in [0.1, 0.15) is 0 Å². The highest BCUT2D eigenvalue weighted by Gasteiger charge is 2.34. The van der Waals surface area contributed by atoms with E-state index in [1.54, 1.807) is 21.3 Å². The van der Waals surface area contributed by atoms with Crippen LogP contribution < -0.4 is 14.2 Å². The SMILES string of the molecule is COc1cc(C2=NO[C@@H](C(=O)N3CCCC3)C2)cc(OC)c1OC. The van der Waals surface area contributed by atoms with Crippen LogP contribution >= 0.6 is 0 Å². The van der Waals surface area contributed by atoms with Crippen LogP contribution in [0.1, 0.15) is 24.8 Å². The minimum Gasteiger partial charge on any atom is -0.493 e. The standard InChI is InChI=1S/C17H22N2O5/c1-21-13-8-11(9-14(22-2)16(13)23-3)12-10-15(24-18-12)17(20)19-6-4-5-7-19/h8-9,15H,4-7,10H2,1-3H3/t15-/m1/s1. The summed E-state index contributed by atoms with van der Waals surface area (Å²) in [6, 6.07) is 3.62. The molecule has 130 valence electrons. The van der Waals surface area contributed by atoms with Crippen molar-refractivity contribution in [3.05, 3.63) is 17.7 Å². The fourth-order valence-corrected chi connectivity index (χ4v) is 3.07. The van der Waals surface area contributed by atoms with Crippen LogP contribution in [0.5, 0.6) is 17.2 Å². The molecule has 0 bridgehead atoms. The van der Waals surface area contributed by atoms with Crippen LogP contribution in [0.15, 0.2) is 17.3 Å². The molecule has 1 aromatic rings. The van der Waals surface area contributed by atoms with Gasteiger partial charge in [-0.3, -0.25) is 4.79 Å². The van der Waals surface area contributed by atoms with Crippen LogP contribution in [0.25, 0.3) is 0 Å². The fourth-order valence-electron chi connectivity index (χ4n) is 3.07. The maximum Gasteiger partial charge on any atom is 0.266 e. The zero-order valence-corrected chi connectivity index (χ0v) is 14.2. The van der Waals surface area contributed by atoms with Gasteiger partial charge in [-0.25, -0.2) is 0 Å². The summed E-state index contributed by atoms with van der Waals surface area (Å²) in [5, 5.41) is 4.10. The van der Waals surface area contributed by atoms with E-state index in [1.165, 1.54) is 0 Å². The van der Waals surface area contributed by atoms with Crippen molar-refractivity contribution in [2.75, 3.05) is 34.4 Å². The lowest BCUT2D eigenvalue weighted by Crippen LogP contribution is -2.37.